The molecule has 0 spiro atoms. The minimum Gasteiger partial charge on any atom is -0.496 e. The third kappa shape index (κ3) is 3.98. The summed E-state index contributed by atoms with van der Waals surface area (Å²) in [6.07, 6.45) is 0. The van der Waals surface area contributed by atoms with Gasteiger partial charge in [0.15, 0.2) is 5.16 Å². The lowest BCUT2D eigenvalue weighted by molar-refractivity contribution is -0.384. The van der Waals surface area contributed by atoms with Gasteiger partial charge >= 0.3 is 0 Å². The number of rotatable bonds is 6. The summed E-state index contributed by atoms with van der Waals surface area (Å²) in [5, 5.41) is 12.1. The Morgan fingerprint density at radius 3 is 2.74 bits per heavy atom. The molecule has 140 valence electrons. The fraction of sp³-hybridized carbons (Fsp3) is 0.222. The number of hydrogen-bond donors (Lipinski definition) is 0. The van der Waals surface area contributed by atoms with Crippen molar-refractivity contribution in [3.63, 3.8) is 0 Å². The molecule has 0 saturated carbocycles. The van der Waals surface area contributed by atoms with E-state index in [1.807, 2.05) is 13.0 Å². The summed E-state index contributed by atoms with van der Waals surface area (Å²) < 4.78 is 7.72. The number of halogens is 1. The number of ether oxygens (including phenoxy) is 1. The van der Waals surface area contributed by atoms with E-state index in [-0.39, 0.29) is 11.2 Å². The van der Waals surface area contributed by atoms with E-state index in [9.17, 15) is 14.9 Å². The average Bonchev–Trinajstić information content (AvgIpc) is 2.66. The predicted molar refractivity (Wildman–Crippen MR) is 109 cm³/mol. The molecule has 0 N–H and O–H groups in total. The molecular formula is C18H16BrN3O4S. The Labute approximate surface area is 167 Å². The van der Waals surface area contributed by atoms with Crippen molar-refractivity contribution in [2.24, 2.45) is 0 Å². The summed E-state index contributed by atoms with van der Waals surface area (Å²) in [6.45, 7) is 2.35. The normalized spacial score (nSPS) is 10.9. The maximum atomic E-state index is 12.8. The zero-order chi connectivity index (χ0) is 19.6. The van der Waals surface area contributed by atoms with Crippen molar-refractivity contribution in [3.8, 4) is 5.75 Å². The van der Waals surface area contributed by atoms with Gasteiger partial charge in [-0.25, -0.2) is 4.98 Å². The van der Waals surface area contributed by atoms with Crippen LogP contribution in [0.3, 0.4) is 0 Å². The van der Waals surface area contributed by atoms with Crippen LogP contribution in [0, 0.1) is 10.1 Å². The number of hydrogen-bond acceptors (Lipinski definition) is 6. The first-order valence-corrected chi connectivity index (χ1v) is 9.86. The minimum absolute atomic E-state index is 0.00407. The highest BCUT2D eigenvalue weighted by atomic mass is 79.9. The van der Waals surface area contributed by atoms with E-state index in [4.69, 9.17) is 4.74 Å². The van der Waals surface area contributed by atoms with Crippen molar-refractivity contribution in [2.45, 2.75) is 24.4 Å². The largest absolute Gasteiger partial charge is 0.496 e. The summed E-state index contributed by atoms with van der Waals surface area (Å²) in [5.41, 5.74) is 1.17. The Morgan fingerprint density at radius 2 is 2.07 bits per heavy atom. The minimum atomic E-state index is -0.443. The van der Waals surface area contributed by atoms with Gasteiger partial charge in [-0.2, -0.15) is 0 Å². The fourth-order valence-corrected chi connectivity index (χ4v) is 4.10. The molecule has 0 radical (unpaired) electrons. The van der Waals surface area contributed by atoms with Crippen LogP contribution in [0.25, 0.3) is 10.9 Å². The van der Waals surface area contributed by atoms with Crippen molar-refractivity contribution < 1.29 is 9.66 Å². The number of non-ortho nitro benzene ring substituents is 1. The fourth-order valence-electron chi connectivity index (χ4n) is 2.70. The van der Waals surface area contributed by atoms with Crippen molar-refractivity contribution in [2.75, 3.05) is 7.11 Å². The lowest BCUT2D eigenvalue weighted by Gasteiger charge is -2.12. The van der Waals surface area contributed by atoms with Crippen LogP contribution in [-0.2, 0) is 12.3 Å². The average molecular weight is 450 g/mol. The molecule has 0 aliphatic carbocycles. The van der Waals surface area contributed by atoms with E-state index < -0.39 is 4.92 Å². The van der Waals surface area contributed by atoms with Gasteiger partial charge in [0.2, 0.25) is 0 Å². The quantitative estimate of drug-likeness (QED) is 0.240. The molecule has 0 aliphatic heterocycles. The standard InChI is InChI=1S/C18H16BrN3O4S/c1-3-21-17(23)14-9-12(19)4-6-15(14)20-18(21)27-10-11-8-13(22(24)25)5-7-16(11)26-2/h4-9H,3,10H2,1-2H3. The van der Waals surface area contributed by atoms with Crippen LogP contribution in [0.2, 0.25) is 0 Å². The highest BCUT2D eigenvalue weighted by Gasteiger charge is 2.15. The summed E-state index contributed by atoms with van der Waals surface area (Å²) >= 11 is 4.72. The van der Waals surface area contributed by atoms with Gasteiger partial charge in [0.1, 0.15) is 5.75 Å². The third-order valence-electron chi connectivity index (χ3n) is 4.03. The number of benzene rings is 2. The lowest BCUT2D eigenvalue weighted by atomic mass is 10.2. The Bertz CT molecular complexity index is 1080. The summed E-state index contributed by atoms with van der Waals surface area (Å²) in [5.74, 6) is 0.947. The molecule has 0 amide bonds. The molecule has 9 heteroatoms. The van der Waals surface area contributed by atoms with Crippen LogP contribution >= 0.6 is 27.7 Å². The van der Waals surface area contributed by atoms with E-state index in [1.54, 1.807) is 22.8 Å². The topological polar surface area (TPSA) is 87.3 Å². The number of nitro groups is 1. The number of thioether (sulfide) groups is 1. The van der Waals surface area contributed by atoms with Crippen LogP contribution in [0.1, 0.15) is 12.5 Å². The number of fused-ring (bicyclic) bond motifs is 1. The van der Waals surface area contributed by atoms with Crippen LogP contribution in [0.4, 0.5) is 5.69 Å². The molecule has 27 heavy (non-hydrogen) atoms. The predicted octanol–water partition coefficient (Wildman–Crippen LogP) is 4.39. The number of aromatic nitrogens is 2. The molecule has 3 rings (SSSR count). The van der Waals surface area contributed by atoms with Gasteiger partial charge in [0, 0.05) is 34.5 Å². The Hall–Kier alpha value is -2.39. The number of nitro benzene ring substituents is 1. The molecule has 3 aromatic rings. The van der Waals surface area contributed by atoms with E-state index in [1.165, 1.54) is 31.0 Å². The van der Waals surface area contributed by atoms with Crippen molar-refractivity contribution >= 4 is 44.3 Å². The van der Waals surface area contributed by atoms with Crippen LogP contribution in [0.5, 0.6) is 5.75 Å². The highest BCUT2D eigenvalue weighted by Crippen LogP contribution is 2.30. The molecule has 0 bridgehead atoms. The van der Waals surface area contributed by atoms with Gasteiger partial charge in [-0.05, 0) is 31.2 Å². The molecule has 0 unspecified atom stereocenters. The molecular weight excluding hydrogens is 434 g/mol. The second kappa shape index (κ2) is 8.10. The number of methoxy groups -OCH3 is 1. The summed E-state index contributed by atoms with van der Waals surface area (Å²) in [6, 6.07) is 9.85. The number of nitrogens with zero attached hydrogens (tertiary/aromatic N) is 3. The molecule has 1 heterocycles. The Balaban J connectivity index is 2.00. The molecule has 0 aliphatic rings. The van der Waals surface area contributed by atoms with Crippen LogP contribution < -0.4 is 10.3 Å². The van der Waals surface area contributed by atoms with Gasteiger partial charge in [-0.3, -0.25) is 19.5 Å². The zero-order valence-electron chi connectivity index (χ0n) is 14.6. The smallest absolute Gasteiger partial charge is 0.270 e. The Morgan fingerprint density at radius 1 is 1.30 bits per heavy atom. The maximum Gasteiger partial charge on any atom is 0.270 e. The first-order chi connectivity index (χ1) is 12.9. The van der Waals surface area contributed by atoms with Gasteiger partial charge in [0.05, 0.1) is 22.9 Å². The van der Waals surface area contributed by atoms with Gasteiger partial charge in [-0.1, -0.05) is 27.7 Å². The van der Waals surface area contributed by atoms with Crippen LogP contribution in [0.15, 0.2) is 50.8 Å². The van der Waals surface area contributed by atoms with Gasteiger partial charge in [-0.15, -0.1) is 0 Å². The molecule has 0 atom stereocenters. The second-order valence-corrected chi connectivity index (χ2v) is 7.51. The van der Waals surface area contributed by atoms with Gasteiger partial charge in [0.25, 0.3) is 11.2 Å². The van der Waals surface area contributed by atoms with E-state index in [2.05, 4.69) is 20.9 Å². The third-order valence-corrected chi connectivity index (χ3v) is 5.55. The van der Waals surface area contributed by atoms with Crippen LogP contribution in [-0.4, -0.2) is 21.6 Å². The van der Waals surface area contributed by atoms with Crippen molar-refractivity contribution in [1.29, 1.82) is 0 Å². The Kier molecular flexibility index (Phi) is 5.81. The van der Waals surface area contributed by atoms with E-state index in [0.717, 1.165) is 4.47 Å². The zero-order valence-corrected chi connectivity index (χ0v) is 17.0. The maximum absolute atomic E-state index is 12.8. The molecule has 2 aromatic carbocycles. The molecule has 0 fully saturated rings. The first kappa shape index (κ1) is 19.4. The SMILES string of the molecule is CCn1c(SCc2cc([N+](=O)[O-])ccc2OC)nc2ccc(Br)cc2c1=O. The first-order valence-electron chi connectivity index (χ1n) is 8.08. The summed E-state index contributed by atoms with van der Waals surface area (Å²) in [4.78, 5) is 28.0. The van der Waals surface area contributed by atoms with Gasteiger partial charge < -0.3 is 4.74 Å². The molecule has 0 saturated heterocycles. The summed E-state index contributed by atoms with van der Waals surface area (Å²) in [7, 11) is 1.52. The van der Waals surface area contributed by atoms with Crippen molar-refractivity contribution in [1.82, 2.24) is 9.55 Å². The monoisotopic (exact) mass is 449 g/mol. The van der Waals surface area contributed by atoms with Crippen molar-refractivity contribution in [3.05, 3.63) is 66.9 Å². The lowest BCUT2D eigenvalue weighted by Crippen LogP contribution is -2.22. The van der Waals surface area contributed by atoms with E-state index >= 15 is 0 Å². The van der Waals surface area contributed by atoms with E-state index in [0.29, 0.717) is 39.7 Å². The molecule has 7 nitrogen and oxygen atoms in total. The highest BCUT2D eigenvalue weighted by molar-refractivity contribution is 9.10. The second-order valence-electron chi connectivity index (χ2n) is 5.65. The molecule has 1 aromatic heterocycles.